The third-order valence-corrected chi connectivity index (χ3v) is 8.83. The zero-order chi connectivity index (χ0) is 30.6. The lowest BCUT2D eigenvalue weighted by molar-refractivity contribution is -0.0256. The van der Waals surface area contributed by atoms with Gasteiger partial charge in [-0.2, -0.15) is 0 Å². The standard InChI is InChI=1S/C33H35N5O5/c1-18-22(23-9-7-11-26(19(23)2)34-30(40)25-17-36(3)33(42)37(4)32(25)41)8-6-10-24(18)27-14-20-12-13-28(38-15-21(39)16-38)29(20)31(35-27)43-5/h6-11,14,17,21,28,39H,12-13,15-16H2,1-5H3,(H,34,40). The molecule has 1 amide bonds. The minimum Gasteiger partial charge on any atom is -0.481 e. The molecule has 10 nitrogen and oxygen atoms in total. The number of nitrogens with one attached hydrogen (secondary N) is 1. The van der Waals surface area contributed by atoms with E-state index in [2.05, 4.69) is 29.3 Å². The first-order chi connectivity index (χ1) is 20.6. The van der Waals surface area contributed by atoms with Crippen LogP contribution in [0.25, 0.3) is 22.4 Å². The molecule has 1 atom stereocenters. The fourth-order valence-corrected chi connectivity index (χ4v) is 6.40. The van der Waals surface area contributed by atoms with Crippen LogP contribution in [0.2, 0.25) is 0 Å². The maximum Gasteiger partial charge on any atom is 0.330 e. The summed E-state index contributed by atoms with van der Waals surface area (Å²) < 4.78 is 7.94. The van der Waals surface area contributed by atoms with Crippen LogP contribution in [0.3, 0.4) is 0 Å². The number of aromatic nitrogens is 3. The van der Waals surface area contributed by atoms with Gasteiger partial charge in [0.2, 0.25) is 5.88 Å². The van der Waals surface area contributed by atoms with Crippen molar-refractivity contribution < 1.29 is 14.6 Å². The van der Waals surface area contributed by atoms with Crippen molar-refractivity contribution in [1.29, 1.82) is 0 Å². The number of rotatable bonds is 6. The number of anilines is 1. The van der Waals surface area contributed by atoms with Crippen LogP contribution in [-0.4, -0.2) is 56.3 Å². The summed E-state index contributed by atoms with van der Waals surface area (Å²) >= 11 is 0. The molecule has 2 aromatic heterocycles. The smallest absolute Gasteiger partial charge is 0.330 e. The van der Waals surface area contributed by atoms with Gasteiger partial charge in [-0.05, 0) is 66.6 Å². The largest absolute Gasteiger partial charge is 0.481 e. The maximum atomic E-state index is 13.1. The third-order valence-electron chi connectivity index (χ3n) is 8.83. The van der Waals surface area contributed by atoms with Crippen LogP contribution in [0.15, 0.2) is 58.3 Å². The van der Waals surface area contributed by atoms with E-state index in [9.17, 15) is 19.5 Å². The number of methoxy groups -OCH3 is 1. The number of fused-ring (bicyclic) bond motifs is 1. The molecule has 4 aromatic rings. The van der Waals surface area contributed by atoms with E-state index in [-0.39, 0.29) is 17.7 Å². The van der Waals surface area contributed by atoms with Crippen molar-refractivity contribution in [3.05, 3.63) is 97.3 Å². The summed E-state index contributed by atoms with van der Waals surface area (Å²) in [5, 5.41) is 12.7. The topological polar surface area (TPSA) is 119 Å². The average molecular weight is 582 g/mol. The fourth-order valence-electron chi connectivity index (χ4n) is 6.40. The van der Waals surface area contributed by atoms with Crippen LogP contribution in [0, 0.1) is 13.8 Å². The highest BCUT2D eigenvalue weighted by atomic mass is 16.5. The number of carbonyl (C=O) groups excluding carboxylic acids is 1. The summed E-state index contributed by atoms with van der Waals surface area (Å²) in [6, 6.07) is 14.1. The van der Waals surface area contributed by atoms with Crippen molar-refractivity contribution in [3.63, 3.8) is 0 Å². The Morgan fingerprint density at radius 3 is 2.40 bits per heavy atom. The molecule has 1 saturated heterocycles. The summed E-state index contributed by atoms with van der Waals surface area (Å²) in [4.78, 5) is 45.1. The summed E-state index contributed by atoms with van der Waals surface area (Å²) in [6.45, 7) is 5.35. The molecule has 2 N–H and O–H groups in total. The highest BCUT2D eigenvalue weighted by molar-refractivity contribution is 6.04. The molecule has 6 rings (SSSR count). The number of β-amino-alcohol motifs (C(OH)–C–C–N with tert-alkyl or cyclic N) is 1. The van der Waals surface area contributed by atoms with Gasteiger partial charge in [0, 0.05) is 56.2 Å². The molecule has 0 saturated carbocycles. The summed E-state index contributed by atoms with van der Waals surface area (Å²) in [5.74, 6) is 0.0500. The third kappa shape index (κ3) is 4.86. The van der Waals surface area contributed by atoms with E-state index in [0.29, 0.717) is 24.7 Å². The minimum absolute atomic E-state index is 0.114. The molecule has 1 aliphatic carbocycles. The molecule has 2 aliphatic rings. The Morgan fingerprint density at radius 2 is 1.70 bits per heavy atom. The van der Waals surface area contributed by atoms with Gasteiger partial charge < -0.3 is 19.7 Å². The maximum absolute atomic E-state index is 13.1. The Balaban J connectivity index is 1.34. The van der Waals surface area contributed by atoms with Crippen molar-refractivity contribution in [1.82, 2.24) is 19.0 Å². The molecule has 1 unspecified atom stereocenters. The van der Waals surface area contributed by atoms with Crippen LogP contribution in [0.5, 0.6) is 5.88 Å². The lowest BCUT2D eigenvalue weighted by Crippen LogP contribution is -2.51. The number of aryl methyl sites for hydroxylation is 2. The van der Waals surface area contributed by atoms with E-state index >= 15 is 0 Å². The number of hydrogen-bond acceptors (Lipinski definition) is 7. The molecular formula is C33H35N5O5. The number of carbonyl (C=O) groups is 1. The molecule has 3 heterocycles. The molecule has 1 aliphatic heterocycles. The van der Waals surface area contributed by atoms with Crippen molar-refractivity contribution in [2.75, 3.05) is 25.5 Å². The summed E-state index contributed by atoms with van der Waals surface area (Å²) in [6.07, 6.45) is 2.91. The molecule has 10 heteroatoms. The fraction of sp³-hybridized carbons (Fsp3) is 0.333. The number of benzene rings is 2. The summed E-state index contributed by atoms with van der Waals surface area (Å²) in [5.41, 5.74) is 7.31. The molecule has 2 aromatic carbocycles. The molecule has 0 bridgehead atoms. The highest BCUT2D eigenvalue weighted by Crippen LogP contribution is 2.44. The number of likely N-dealkylation sites (tertiary alicyclic amines) is 1. The predicted molar refractivity (Wildman–Crippen MR) is 165 cm³/mol. The molecule has 1 fully saturated rings. The molecular weight excluding hydrogens is 546 g/mol. The summed E-state index contributed by atoms with van der Waals surface area (Å²) in [7, 11) is 4.51. The SMILES string of the molecule is COc1nc(-c2cccc(-c3cccc(NC(=O)c4cn(C)c(=O)n(C)c4=O)c3C)c2C)cc2c1C(N1CC(O)C1)CC2. The number of nitrogens with zero attached hydrogens (tertiary/aromatic N) is 4. The number of pyridine rings is 1. The van der Waals surface area contributed by atoms with Gasteiger partial charge >= 0.3 is 5.69 Å². The normalized spacial score (nSPS) is 16.6. The van der Waals surface area contributed by atoms with Crippen LogP contribution < -0.4 is 21.3 Å². The quantitative estimate of drug-likeness (QED) is 0.359. The number of ether oxygens (including phenoxy) is 1. The van der Waals surface area contributed by atoms with E-state index < -0.39 is 17.2 Å². The van der Waals surface area contributed by atoms with E-state index in [1.807, 2.05) is 31.2 Å². The Hall–Kier alpha value is -4.54. The lowest BCUT2D eigenvalue weighted by atomic mass is 9.91. The first-order valence-electron chi connectivity index (χ1n) is 14.4. The van der Waals surface area contributed by atoms with Crippen LogP contribution in [0.4, 0.5) is 5.69 Å². The number of amides is 1. The van der Waals surface area contributed by atoms with Gasteiger partial charge in [-0.1, -0.05) is 30.3 Å². The van der Waals surface area contributed by atoms with E-state index in [1.165, 1.54) is 30.4 Å². The zero-order valence-electron chi connectivity index (χ0n) is 25.0. The zero-order valence-corrected chi connectivity index (χ0v) is 25.0. The number of aliphatic hydroxyl groups is 1. The van der Waals surface area contributed by atoms with E-state index in [1.54, 1.807) is 13.2 Å². The predicted octanol–water partition coefficient (Wildman–Crippen LogP) is 3.35. The Labute approximate surface area is 249 Å². The Kier molecular flexibility index (Phi) is 7.27. The second kappa shape index (κ2) is 10.9. The van der Waals surface area contributed by atoms with Crippen molar-refractivity contribution in [2.45, 2.75) is 38.8 Å². The lowest BCUT2D eigenvalue weighted by Gasteiger charge is -2.40. The first kappa shape index (κ1) is 28.6. The number of hydrogen-bond donors (Lipinski definition) is 2. The van der Waals surface area contributed by atoms with Gasteiger partial charge in [0.1, 0.15) is 5.56 Å². The molecule has 43 heavy (non-hydrogen) atoms. The van der Waals surface area contributed by atoms with Gasteiger partial charge in [-0.25, -0.2) is 9.78 Å². The highest BCUT2D eigenvalue weighted by Gasteiger charge is 2.38. The second-order valence-corrected chi connectivity index (χ2v) is 11.5. The van der Waals surface area contributed by atoms with Crippen LogP contribution in [0.1, 0.15) is 45.1 Å². The van der Waals surface area contributed by atoms with Gasteiger partial charge in [0.25, 0.3) is 11.5 Å². The average Bonchev–Trinajstić information content (AvgIpc) is 3.40. The molecule has 0 spiro atoms. The van der Waals surface area contributed by atoms with Crippen LogP contribution >= 0.6 is 0 Å². The van der Waals surface area contributed by atoms with Crippen molar-refractivity contribution in [2.24, 2.45) is 14.1 Å². The second-order valence-electron chi connectivity index (χ2n) is 11.5. The molecule has 0 radical (unpaired) electrons. The number of aliphatic hydroxyl groups excluding tert-OH is 1. The van der Waals surface area contributed by atoms with Gasteiger partial charge in [-0.15, -0.1) is 0 Å². The monoisotopic (exact) mass is 581 g/mol. The van der Waals surface area contributed by atoms with Crippen molar-refractivity contribution in [3.8, 4) is 28.3 Å². The van der Waals surface area contributed by atoms with Gasteiger partial charge in [-0.3, -0.25) is 19.1 Å². The Morgan fingerprint density at radius 1 is 1.02 bits per heavy atom. The Bertz CT molecular complexity index is 1890. The van der Waals surface area contributed by atoms with Crippen LogP contribution in [-0.2, 0) is 20.5 Å². The van der Waals surface area contributed by atoms with E-state index in [4.69, 9.17) is 9.72 Å². The first-order valence-corrected chi connectivity index (χ1v) is 14.4. The molecule has 222 valence electrons. The van der Waals surface area contributed by atoms with Gasteiger partial charge in [0.05, 0.1) is 18.9 Å². The van der Waals surface area contributed by atoms with E-state index in [0.717, 1.165) is 56.5 Å². The minimum atomic E-state index is -0.649. The van der Waals surface area contributed by atoms with Gasteiger partial charge in [0.15, 0.2) is 0 Å². The van der Waals surface area contributed by atoms with Crippen molar-refractivity contribution >= 4 is 11.6 Å².